The Morgan fingerprint density at radius 3 is 2.94 bits per heavy atom. The number of thiazole rings is 1. The number of carboxylic acid groups (broad SMARTS) is 1. The van der Waals surface area contributed by atoms with Crippen LogP contribution < -0.4 is 16.8 Å². The van der Waals surface area contributed by atoms with Crippen molar-refractivity contribution >= 4 is 63.5 Å². The van der Waals surface area contributed by atoms with E-state index in [1.807, 2.05) is 0 Å². The number of nitrogens with two attached hydrogens (primary N) is 2. The summed E-state index contributed by atoms with van der Waals surface area (Å²) in [6.45, 7) is 0.265. The second-order valence-electron chi connectivity index (χ2n) is 6.85. The quantitative estimate of drug-likeness (QED) is 0.0834. The van der Waals surface area contributed by atoms with Crippen LogP contribution in [0.4, 0.5) is 5.13 Å². The minimum Gasteiger partial charge on any atom is -0.477 e. The molecule has 0 aliphatic carbocycles. The Labute approximate surface area is 204 Å². The predicted octanol–water partition coefficient (Wildman–Crippen LogP) is -0.946. The summed E-state index contributed by atoms with van der Waals surface area (Å²) in [6.07, 6.45) is 1.52. The smallest absolute Gasteiger partial charge is 0.352 e. The molecule has 34 heavy (non-hydrogen) atoms. The lowest BCUT2D eigenvalue weighted by Crippen LogP contribution is -2.71. The third-order valence-electron chi connectivity index (χ3n) is 4.67. The molecular weight excluding hydrogens is 506 g/mol. The Morgan fingerprint density at radius 2 is 2.29 bits per heavy atom. The molecule has 1 saturated heterocycles. The Hall–Kier alpha value is -3.15. The number of nitrogen functional groups attached to an aromatic ring is 1. The molecule has 2 aromatic rings. The first-order chi connectivity index (χ1) is 16.4. The van der Waals surface area contributed by atoms with E-state index in [0.29, 0.717) is 22.1 Å². The van der Waals surface area contributed by atoms with Crippen molar-refractivity contribution in [2.75, 3.05) is 30.4 Å². The highest BCUT2D eigenvalue weighted by Crippen LogP contribution is 2.41. The number of carbonyl (C=O) groups is 3. The number of aliphatic carboxylic acids is 1. The molecule has 4 heterocycles. The molecule has 0 saturated carbocycles. The predicted molar refractivity (Wildman–Crippen MR) is 125 cm³/mol. The second kappa shape index (κ2) is 10.4. The van der Waals surface area contributed by atoms with Crippen LogP contribution in [0, 0.1) is 0 Å². The fourth-order valence-corrected chi connectivity index (χ4v) is 6.01. The number of aromatic amines is 1. The molecule has 0 bridgehead atoms. The van der Waals surface area contributed by atoms with Gasteiger partial charge in [0.15, 0.2) is 10.8 Å². The lowest BCUT2D eigenvalue weighted by atomic mass is 10.0. The Morgan fingerprint density at radius 1 is 1.47 bits per heavy atom. The number of carbonyl (C=O) groups excluding carboxylic acids is 2. The molecule has 2 amide bonds. The van der Waals surface area contributed by atoms with E-state index in [0.717, 1.165) is 11.3 Å². The molecule has 2 aliphatic rings. The van der Waals surface area contributed by atoms with Gasteiger partial charge in [-0.1, -0.05) is 16.9 Å². The van der Waals surface area contributed by atoms with E-state index in [4.69, 9.17) is 16.3 Å². The van der Waals surface area contributed by atoms with Crippen molar-refractivity contribution in [3.8, 4) is 0 Å². The summed E-state index contributed by atoms with van der Waals surface area (Å²) in [6, 6.07) is -0.938. The van der Waals surface area contributed by atoms with Gasteiger partial charge in [0.25, 0.3) is 11.8 Å². The molecule has 17 heteroatoms. The van der Waals surface area contributed by atoms with E-state index >= 15 is 0 Å². The van der Waals surface area contributed by atoms with Gasteiger partial charge in [0.1, 0.15) is 34.4 Å². The summed E-state index contributed by atoms with van der Waals surface area (Å²) in [7, 11) is 0. The normalized spacial score (nSPS) is 20.1. The molecule has 2 atom stereocenters. The monoisotopic (exact) mass is 525 g/mol. The summed E-state index contributed by atoms with van der Waals surface area (Å²) in [5.74, 6) is -1.75. The summed E-state index contributed by atoms with van der Waals surface area (Å²) in [5.41, 5.74) is 11.6. The number of oxime groups is 1. The molecule has 180 valence electrons. The number of hydrogen-bond donors (Lipinski definition) is 5. The number of amides is 2. The number of nitrogens with zero attached hydrogens (tertiary/aromatic N) is 5. The molecular formula is C17H19N9O5S3. The molecule has 0 spiro atoms. The van der Waals surface area contributed by atoms with Gasteiger partial charge in [-0.05, 0) is 5.57 Å². The van der Waals surface area contributed by atoms with Gasteiger partial charge >= 0.3 is 5.97 Å². The Balaban J connectivity index is 1.49. The number of nitrogens with one attached hydrogen (secondary N) is 2. The SMILES string of the molecule is NCCON=C(C(=O)NC1C(=O)N2C(C(=O)O)=C(CSc3cn[nH]n3)CS[C@@H]12)c1csc(N)n1. The molecule has 1 fully saturated rings. The van der Waals surface area contributed by atoms with Crippen molar-refractivity contribution < 1.29 is 24.3 Å². The fraction of sp³-hybridized carbons (Fsp3) is 0.353. The van der Waals surface area contributed by atoms with E-state index in [-0.39, 0.29) is 35.4 Å². The molecule has 4 rings (SSSR count). The summed E-state index contributed by atoms with van der Waals surface area (Å²) < 4.78 is 0. The summed E-state index contributed by atoms with van der Waals surface area (Å²) in [4.78, 5) is 48.1. The summed E-state index contributed by atoms with van der Waals surface area (Å²) >= 11 is 3.78. The number of fused-ring (bicyclic) bond motifs is 1. The largest absolute Gasteiger partial charge is 0.477 e. The number of rotatable bonds is 10. The lowest BCUT2D eigenvalue weighted by molar-refractivity contribution is -0.150. The maximum atomic E-state index is 12.9. The van der Waals surface area contributed by atoms with Crippen LogP contribution >= 0.6 is 34.9 Å². The zero-order chi connectivity index (χ0) is 24.2. The first-order valence-corrected chi connectivity index (χ1v) is 12.6. The van der Waals surface area contributed by atoms with Crippen LogP contribution in [0.15, 0.2) is 33.0 Å². The zero-order valence-corrected chi connectivity index (χ0v) is 19.8. The highest BCUT2D eigenvalue weighted by molar-refractivity contribution is 8.01. The first kappa shape index (κ1) is 24.0. The molecule has 7 N–H and O–H groups in total. The first-order valence-electron chi connectivity index (χ1n) is 9.71. The van der Waals surface area contributed by atoms with Gasteiger partial charge in [0.05, 0.1) is 6.20 Å². The van der Waals surface area contributed by atoms with Crippen molar-refractivity contribution in [3.05, 3.63) is 28.5 Å². The van der Waals surface area contributed by atoms with Crippen LogP contribution in [-0.2, 0) is 19.2 Å². The topological polar surface area (TPSA) is 215 Å². The van der Waals surface area contributed by atoms with Crippen LogP contribution in [0.3, 0.4) is 0 Å². The minimum atomic E-state index is -1.21. The maximum absolute atomic E-state index is 12.9. The van der Waals surface area contributed by atoms with Crippen molar-refractivity contribution in [3.63, 3.8) is 0 Å². The fourth-order valence-electron chi connectivity index (χ4n) is 3.19. The van der Waals surface area contributed by atoms with Crippen molar-refractivity contribution in [2.24, 2.45) is 10.9 Å². The van der Waals surface area contributed by atoms with Gasteiger partial charge in [-0.15, -0.1) is 28.2 Å². The minimum absolute atomic E-state index is 0.0763. The van der Waals surface area contributed by atoms with Crippen molar-refractivity contribution in [2.45, 2.75) is 16.4 Å². The van der Waals surface area contributed by atoms with E-state index in [1.165, 1.54) is 40.0 Å². The van der Waals surface area contributed by atoms with Crippen molar-refractivity contribution in [1.82, 2.24) is 30.6 Å². The highest BCUT2D eigenvalue weighted by atomic mass is 32.2. The van der Waals surface area contributed by atoms with Gasteiger partial charge in [-0.2, -0.15) is 10.3 Å². The Kier molecular flexibility index (Phi) is 7.35. The van der Waals surface area contributed by atoms with Crippen LogP contribution in [0.25, 0.3) is 0 Å². The van der Waals surface area contributed by atoms with Crippen LogP contribution in [0.1, 0.15) is 5.69 Å². The lowest BCUT2D eigenvalue weighted by Gasteiger charge is -2.49. The average molecular weight is 526 g/mol. The molecule has 2 aromatic heterocycles. The van der Waals surface area contributed by atoms with E-state index in [2.05, 4.69) is 30.9 Å². The molecule has 0 radical (unpaired) electrons. The third-order valence-corrected chi connectivity index (χ3v) is 7.67. The zero-order valence-electron chi connectivity index (χ0n) is 17.3. The van der Waals surface area contributed by atoms with Gasteiger partial charge < -0.3 is 26.7 Å². The van der Waals surface area contributed by atoms with Gasteiger partial charge in [-0.25, -0.2) is 9.78 Å². The number of H-pyrrole nitrogens is 1. The highest BCUT2D eigenvalue weighted by Gasteiger charge is 2.54. The molecule has 0 aromatic carbocycles. The number of hydrogen-bond acceptors (Lipinski definition) is 13. The number of thioether (sulfide) groups is 2. The van der Waals surface area contributed by atoms with Gasteiger partial charge in [0, 0.05) is 23.4 Å². The number of carboxylic acids is 1. The van der Waals surface area contributed by atoms with Gasteiger partial charge in [-0.3, -0.25) is 14.5 Å². The van der Waals surface area contributed by atoms with E-state index in [1.54, 1.807) is 0 Å². The second-order valence-corrected chi connectivity index (χ2v) is 9.84. The molecule has 1 unspecified atom stereocenters. The number of anilines is 1. The number of aromatic nitrogens is 4. The standard InChI is InChI=1S/C17H19N9O5S3/c18-1-2-31-24-10(8-6-34-17(19)21-8)13(27)22-11-14(28)26-12(16(29)30)7(5-33-15(11)26)4-32-9-3-20-25-23-9/h3,6,11,15H,1-2,4-5,18H2,(H2,19,21)(H,22,27)(H,29,30)(H,20,23,25)/t11?,15-/m0/s1. The van der Waals surface area contributed by atoms with E-state index in [9.17, 15) is 19.5 Å². The molecule has 14 nitrogen and oxygen atoms in total. The van der Waals surface area contributed by atoms with Gasteiger partial charge in [0.2, 0.25) is 0 Å². The van der Waals surface area contributed by atoms with Crippen molar-refractivity contribution in [1.29, 1.82) is 0 Å². The number of β-lactam (4-membered cyclic amide) rings is 1. The third kappa shape index (κ3) is 4.86. The average Bonchev–Trinajstić information content (AvgIpc) is 3.49. The Bertz CT molecular complexity index is 1150. The summed E-state index contributed by atoms with van der Waals surface area (Å²) in [5, 5.41) is 28.1. The molecule has 2 aliphatic heterocycles. The van der Waals surface area contributed by atoms with Crippen LogP contribution in [-0.4, -0.2) is 90.0 Å². The maximum Gasteiger partial charge on any atom is 0.352 e. The van der Waals surface area contributed by atoms with E-state index < -0.39 is 29.2 Å². The van der Waals surface area contributed by atoms with Crippen LogP contribution in [0.5, 0.6) is 0 Å². The van der Waals surface area contributed by atoms with Crippen LogP contribution in [0.2, 0.25) is 0 Å².